The van der Waals surface area contributed by atoms with E-state index in [0.717, 1.165) is 16.3 Å². The van der Waals surface area contributed by atoms with Gasteiger partial charge in [0.15, 0.2) is 0 Å². The molecule has 84 valence electrons. The van der Waals surface area contributed by atoms with Crippen LogP contribution in [-0.2, 0) is 4.74 Å². The van der Waals surface area contributed by atoms with E-state index in [2.05, 4.69) is 4.98 Å². The number of rotatable bonds is 4. The minimum atomic E-state index is -0.0777. The fourth-order valence-corrected chi connectivity index (χ4v) is 1.81. The molecule has 0 aliphatic heterocycles. The molecule has 0 aliphatic rings. The second kappa shape index (κ2) is 5.05. The summed E-state index contributed by atoms with van der Waals surface area (Å²) in [6.45, 7) is 3.22. The lowest BCUT2D eigenvalue weighted by atomic mass is 10.0. The van der Waals surface area contributed by atoms with Crippen molar-refractivity contribution in [2.45, 2.75) is 13.0 Å². The molecule has 1 atom stereocenters. The van der Waals surface area contributed by atoms with Gasteiger partial charge in [0.2, 0.25) is 0 Å². The predicted octanol–water partition coefficient (Wildman–Crippen LogP) is 2.27. The number of ether oxygens (including phenoxy) is 1. The van der Waals surface area contributed by atoms with Gasteiger partial charge in [-0.25, -0.2) is 0 Å². The van der Waals surface area contributed by atoms with Crippen molar-refractivity contribution in [2.75, 3.05) is 13.2 Å². The summed E-state index contributed by atoms with van der Waals surface area (Å²) in [6, 6.07) is 8.01. The Morgan fingerprint density at radius 3 is 3.06 bits per heavy atom. The molecule has 3 heteroatoms. The lowest BCUT2D eigenvalue weighted by Gasteiger charge is -2.14. The van der Waals surface area contributed by atoms with E-state index in [9.17, 15) is 0 Å². The molecule has 2 aromatic rings. The van der Waals surface area contributed by atoms with Crippen molar-refractivity contribution in [1.29, 1.82) is 0 Å². The van der Waals surface area contributed by atoms with E-state index < -0.39 is 0 Å². The molecule has 0 spiro atoms. The summed E-state index contributed by atoms with van der Waals surface area (Å²) in [5.41, 5.74) is 7.22. The summed E-state index contributed by atoms with van der Waals surface area (Å²) in [4.78, 5) is 4.10. The third-order valence-corrected chi connectivity index (χ3v) is 2.62. The van der Waals surface area contributed by atoms with Crippen LogP contribution in [0.25, 0.3) is 10.8 Å². The Hall–Kier alpha value is -1.45. The zero-order valence-corrected chi connectivity index (χ0v) is 9.39. The Bertz CT molecular complexity index is 465. The summed E-state index contributed by atoms with van der Waals surface area (Å²) < 4.78 is 5.36. The van der Waals surface area contributed by atoms with E-state index in [-0.39, 0.29) is 6.04 Å². The van der Waals surface area contributed by atoms with Crippen LogP contribution >= 0.6 is 0 Å². The number of aromatic nitrogens is 1. The summed E-state index contributed by atoms with van der Waals surface area (Å²) in [6.07, 6.45) is 3.64. The van der Waals surface area contributed by atoms with Crippen molar-refractivity contribution in [3.8, 4) is 0 Å². The molecule has 0 radical (unpaired) electrons. The molecular weight excluding hydrogens is 200 g/mol. The zero-order valence-electron chi connectivity index (χ0n) is 9.39. The van der Waals surface area contributed by atoms with Crippen molar-refractivity contribution in [3.63, 3.8) is 0 Å². The summed E-state index contributed by atoms with van der Waals surface area (Å²) in [5.74, 6) is 0. The molecule has 3 nitrogen and oxygen atoms in total. The van der Waals surface area contributed by atoms with Crippen LogP contribution in [-0.4, -0.2) is 18.2 Å². The molecular formula is C13H16N2O. The smallest absolute Gasteiger partial charge is 0.0659 e. The van der Waals surface area contributed by atoms with Crippen LogP contribution < -0.4 is 5.73 Å². The fourth-order valence-electron chi connectivity index (χ4n) is 1.81. The first-order valence-corrected chi connectivity index (χ1v) is 5.49. The van der Waals surface area contributed by atoms with Gasteiger partial charge in [-0.2, -0.15) is 0 Å². The van der Waals surface area contributed by atoms with E-state index in [1.807, 2.05) is 37.4 Å². The molecule has 0 fully saturated rings. The Labute approximate surface area is 95.2 Å². The third kappa shape index (κ3) is 2.21. The van der Waals surface area contributed by atoms with Crippen LogP contribution in [0.3, 0.4) is 0 Å². The highest BCUT2D eigenvalue weighted by molar-refractivity contribution is 5.85. The first-order valence-electron chi connectivity index (χ1n) is 5.49. The largest absolute Gasteiger partial charge is 0.380 e. The molecule has 0 amide bonds. The Morgan fingerprint density at radius 2 is 2.25 bits per heavy atom. The van der Waals surface area contributed by atoms with E-state index in [1.165, 1.54) is 0 Å². The van der Waals surface area contributed by atoms with Crippen molar-refractivity contribution in [3.05, 3.63) is 42.2 Å². The maximum Gasteiger partial charge on any atom is 0.0659 e. The number of nitrogens with zero attached hydrogens (tertiary/aromatic N) is 1. The van der Waals surface area contributed by atoms with Crippen molar-refractivity contribution in [2.24, 2.45) is 5.73 Å². The highest BCUT2D eigenvalue weighted by atomic mass is 16.5. The lowest BCUT2D eigenvalue weighted by Crippen LogP contribution is -2.17. The average molecular weight is 216 g/mol. The molecule has 2 N–H and O–H groups in total. The molecule has 0 aliphatic carbocycles. The molecule has 0 saturated carbocycles. The van der Waals surface area contributed by atoms with Gasteiger partial charge in [0, 0.05) is 24.4 Å². The Morgan fingerprint density at radius 1 is 1.38 bits per heavy atom. The molecule has 2 rings (SSSR count). The second-order valence-electron chi connectivity index (χ2n) is 3.71. The van der Waals surface area contributed by atoms with Crippen LogP contribution in [0.15, 0.2) is 36.7 Å². The first kappa shape index (κ1) is 11.0. The SMILES string of the molecule is CCOCC(N)c1cccc2cnccc12. The molecule has 1 heterocycles. The van der Waals surface area contributed by atoms with Gasteiger partial charge in [-0.1, -0.05) is 18.2 Å². The lowest BCUT2D eigenvalue weighted by molar-refractivity contribution is 0.134. The van der Waals surface area contributed by atoms with Gasteiger partial charge in [0.1, 0.15) is 0 Å². The monoisotopic (exact) mass is 216 g/mol. The first-order chi connectivity index (χ1) is 7.83. The van der Waals surface area contributed by atoms with Crippen LogP contribution in [0.5, 0.6) is 0 Å². The molecule has 1 unspecified atom stereocenters. The van der Waals surface area contributed by atoms with Gasteiger partial charge in [0.05, 0.1) is 12.6 Å². The van der Waals surface area contributed by atoms with Gasteiger partial charge in [-0.05, 0) is 23.9 Å². The summed E-state index contributed by atoms with van der Waals surface area (Å²) in [7, 11) is 0. The quantitative estimate of drug-likeness (QED) is 0.852. The van der Waals surface area contributed by atoms with Crippen molar-refractivity contribution >= 4 is 10.8 Å². The molecule has 1 aromatic heterocycles. The van der Waals surface area contributed by atoms with Gasteiger partial charge in [0.25, 0.3) is 0 Å². The number of fused-ring (bicyclic) bond motifs is 1. The van der Waals surface area contributed by atoms with Crippen LogP contribution in [0, 0.1) is 0 Å². The summed E-state index contributed by atoms with van der Waals surface area (Å²) in [5, 5.41) is 2.27. The number of hydrogen-bond acceptors (Lipinski definition) is 3. The topological polar surface area (TPSA) is 48.1 Å². The van der Waals surface area contributed by atoms with Gasteiger partial charge in [-0.3, -0.25) is 4.98 Å². The maximum atomic E-state index is 6.10. The minimum absolute atomic E-state index is 0.0777. The van der Waals surface area contributed by atoms with E-state index in [4.69, 9.17) is 10.5 Å². The number of nitrogens with two attached hydrogens (primary N) is 1. The molecule has 16 heavy (non-hydrogen) atoms. The predicted molar refractivity (Wildman–Crippen MR) is 65.2 cm³/mol. The highest BCUT2D eigenvalue weighted by Crippen LogP contribution is 2.22. The van der Waals surface area contributed by atoms with Crippen molar-refractivity contribution in [1.82, 2.24) is 4.98 Å². The average Bonchev–Trinajstić information content (AvgIpc) is 2.35. The maximum absolute atomic E-state index is 6.10. The third-order valence-electron chi connectivity index (χ3n) is 2.62. The Balaban J connectivity index is 2.36. The van der Waals surface area contributed by atoms with Crippen LogP contribution in [0.4, 0.5) is 0 Å². The van der Waals surface area contributed by atoms with Gasteiger partial charge < -0.3 is 10.5 Å². The van der Waals surface area contributed by atoms with Crippen LogP contribution in [0.2, 0.25) is 0 Å². The van der Waals surface area contributed by atoms with Crippen LogP contribution in [0.1, 0.15) is 18.5 Å². The van der Waals surface area contributed by atoms with Crippen molar-refractivity contribution < 1.29 is 4.74 Å². The molecule has 0 bridgehead atoms. The molecule has 0 saturated heterocycles. The van der Waals surface area contributed by atoms with Gasteiger partial charge >= 0.3 is 0 Å². The van der Waals surface area contributed by atoms with E-state index in [0.29, 0.717) is 13.2 Å². The number of hydrogen-bond donors (Lipinski definition) is 1. The molecule has 1 aromatic carbocycles. The second-order valence-corrected chi connectivity index (χ2v) is 3.71. The normalized spacial score (nSPS) is 12.9. The standard InChI is InChI=1S/C13H16N2O/c1-2-16-9-13(14)12-5-3-4-10-8-15-7-6-11(10)12/h3-8,13H,2,9,14H2,1H3. The number of benzene rings is 1. The van der Waals surface area contributed by atoms with E-state index >= 15 is 0 Å². The Kier molecular flexibility index (Phi) is 3.49. The zero-order chi connectivity index (χ0) is 11.4. The van der Waals surface area contributed by atoms with E-state index in [1.54, 1.807) is 6.20 Å². The summed E-state index contributed by atoms with van der Waals surface area (Å²) >= 11 is 0. The fraction of sp³-hybridized carbons (Fsp3) is 0.308. The number of pyridine rings is 1. The minimum Gasteiger partial charge on any atom is -0.380 e. The highest BCUT2D eigenvalue weighted by Gasteiger charge is 2.09. The van der Waals surface area contributed by atoms with Gasteiger partial charge in [-0.15, -0.1) is 0 Å².